The summed E-state index contributed by atoms with van der Waals surface area (Å²) in [5.41, 5.74) is 1.22. The van der Waals surface area contributed by atoms with Gasteiger partial charge in [0.1, 0.15) is 0 Å². The Hall–Kier alpha value is -1.30. The Morgan fingerprint density at radius 2 is 1.81 bits per heavy atom. The zero-order chi connectivity index (χ0) is 18.4. The minimum Gasteiger partial charge on any atom is -0.493 e. The van der Waals surface area contributed by atoms with Crippen molar-refractivity contribution in [3.8, 4) is 11.5 Å². The van der Waals surface area contributed by atoms with Crippen LogP contribution in [-0.4, -0.2) is 64.2 Å². The molecule has 1 unspecified atom stereocenters. The van der Waals surface area contributed by atoms with Crippen LogP contribution in [0.4, 0.5) is 0 Å². The molecule has 1 saturated heterocycles. The van der Waals surface area contributed by atoms with E-state index in [-0.39, 0.29) is 0 Å². The molecule has 1 aliphatic carbocycles. The quantitative estimate of drug-likeness (QED) is 0.709. The minimum atomic E-state index is 0.347. The van der Waals surface area contributed by atoms with Crippen molar-refractivity contribution >= 4 is 0 Å². The second-order valence-corrected chi connectivity index (χ2v) is 7.34. The molecule has 3 rings (SSSR count). The molecule has 26 heavy (non-hydrogen) atoms. The van der Waals surface area contributed by atoms with E-state index >= 15 is 0 Å². The summed E-state index contributed by atoms with van der Waals surface area (Å²) in [6, 6.07) is 6.65. The van der Waals surface area contributed by atoms with Crippen LogP contribution in [0.25, 0.3) is 0 Å². The highest BCUT2D eigenvalue weighted by Gasteiger charge is 2.35. The van der Waals surface area contributed by atoms with E-state index < -0.39 is 0 Å². The third-order valence-corrected chi connectivity index (χ3v) is 5.82. The highest BCUT2D eigenvalue weighted by Crippen LogP contribution is 2.30. The maximum Gasteiger partial charge on any atom is 0.160 e. The van der Waals surface area contributed by atoms with Crippen LogP contribution < -0.4 is 9.47 Å². The molecule has 146 valence electrons. The highest BCUT2D eigenvalue weighted by molar-refractivity contribution is 5.42. The monoisotopic (exact) mass is 363 g/mol. The van der Waals surface area contributed by atoms with Crippen molar-refractivity contribution in [3.63, 3.8) is 0 Å². The predicted molar refractivity (Wildman–Crippen MR) is 102 cm³/mol. The van der Waals surface area contributed by atoms with Gasteiger partial charge in [0.25, 0.3) is 0 Å². The average molecular weight is 363 g/mol. The van der Waals surface area contributed by atoms with E-state index in [0.29, 0.717) is 18.2 Å². The van der Waals surface area contributed by atoms with E-state index in [1.54, 1.807) is 14.2 Å². The van der Waals surface area contributed by atoms with E-state index in [1.165, 1.54) is 31.2 Å². The van der Waals surface area contributed by atoms with Crippen LogP contribution in [0, 0.1) is 0 Å². The maximum atomic E-state index is 6.36. The van der Waals surface area contributed by atoms with Gasteiger partial charge in [-0.1, -0.05) is 18.9 Å². The van der Waals surface area contributed by atoms with Gasteiger partial charge < -0.3 is 18.9 Å². The number of benzene rings is 1. The summed E-state index contributed by atoms with van der Waals surface area (Å²) < 4.78 is 22.6. The summed E-state index contributed by atoms with van der Waals surface area (Å²) in [5, 5.41) is 0. The molecular weight excluding hydrogens is 330 g/mol. The van der Waals surface area contributed by atoms with Gasteiger partial charge in [-0.05, 0) is 43.4 Å². The van der Waals surface area contributed by atoms with Gasteiger partial charge in [0, 0.05) is 26.2 Å². The molecule has 1 aromatic rings. The van der Waals surface area contributed by atoms with Crippen molar-refractivity contribution < 1.29 is 18.9 Å². The van der Waals surface area contributed by atoms with Gasteiger partial charge in [-0.3, -0.25) is 4.90 Å². The molecule has 0 radical (unpaired) electrons. The lowest BCUT2D eigenvalue weighted by Gasteiger charge is -2.37. The topological polar surface area (TPSA) is 40.2 Å². The van der Waals surface area contributed by atoms with Crippen molar-refractivity contribution in [2.24, 2.45) is 0 Å². The third-order valence-electron chi connectivity index (χ3n) is 5.82. The lowest BCUT2D eigenvalue weighted by Crippen LogP contribution is -2.46. The average Bonchev–Trinajstić information content (AvgIpc) is 3.17. The molecule has 5 nitrogen and oxygen atoms in total. The van der Waals surface area contributed by atoms with Crippen LogP contribution in [0.5, 0.6) is 11.5 Å². The molecule has 3 atom stereocenters. The smallest absolute Gasteiger partial charge is 0.160 e. The predicted octanol–water partition coefficient (Wildman–Crippen LogP) is 3.29. The van der Waals surface area contributed by atoms with Crippen LogP contribution in [0.2, 0.25) is 0 Å². The van der Waals surface area contributed by atoms with Crippen LogP contribution in [0.15, 0.2) is 18.2 Å². The number of hydrogen-bond acceptors (Lipinski definition) is 5. The van der Waals surface area contributed by atoms with Crippen LogP contribution in [0.3, 0.4) is 0 Å². The summed E-state index contributed by atoms with van der Waals surface area (Å²) >= 11 is 0. The van der Waals surface area contributed by atoms with E-state index in [0.717, 1.165) is 44.0 Å². The Balaban J connectivity index is 1.52. The first-order chi connectivity index (χ1) is 12.7. The van der Waals surface area contributed by atoms with Gasteiger partial charge in [-0.25, -0.2) is 0 Å². The molecule has 2 fully saturated rings. The number of rotatable bonds is 8. The fourth-order valence-corrected chi connectivity index (χ4v) is 4.30. The Kier molecular flexibility index (Phi) is 7.17. The molecule has 0 amide bonds. The number of hydrogen-bond donors (Lipinski definition) is 0. The molecular formula is C21H33NO4. The standard InChI is InChI=1S/C21H33NO4/c1-23-17-10-12-22(15-17)18-6-4-5-7-19(18)26-13-11-16-8-9-20(24-2)21(14-16)25-3/h8-9,14,17-19H,4-7,10-13,15H2,1-3H3/t17?,18-,19-/m1/s1. The SMILES string of the molecule is COc1ccc(CCO[C@@H]2CCCC[C@H]2N2CCC(OC)C2)cc1OC. The zero-order valence-electron chi connectivity index (χ0n) is 16.4. The van der Waals surface area contributed by atoms with Crippen LogP contribution in [-0.2, 0) is 15.9 Å². The first-order valence-electron chi connectivity index (χ1n) is 9.84. The highest BCUT2D eigenvalue weighted by atomic mass is 16.5. The van der Waals surface area contributed by atoms with Gasteiger partial charge in [0.05, 0.1) is 33.0 Å². The Morgan fingerprint density at radius 3 is 2.54 bits per heavy atom. The largest absolute Gasteiger partial charge is 0.493 e. The van der Waals surface area contributed by atoms with E-state index in [4.69, 9.17) is 18.9 Å². The summed E-state index contributed by atoms with van der Waals surface area (Å²) in [6.07, 6.45) is 7.79. The van der Waals surface area contributed by atoms with Gasteiger partial charge in [0.2, 0.25) is 0 Å². The second kappa shape index (κ2) is 9.58. The number of likely N-dealkylation sites (tertiary alicyclic amines) is 1. The first-order valence-corrected chi connectivity index (χ1v) is 9.84. The van der Waals surface area contributed by atoms with Crippen molar-refractivity contribution in [3.05, 3.63) is 23.8 Å². The fraction of sp³-hybridized carbons (Fsp3) is 0.714. The van der Waals surface area contributed by atoms with Crippen LogP contribution >= 0.6 is 0 Å². The van der Waals surface area contributed by atoms with Crippen molar-refractivity contribution in [1.82, 2.24) is 4.90 Å². The molecule has 2 aliphatic rings. The van der Waals surface area contributed by atoms with Gasteiger partial charge >= 0.3 is 0 Å². The lowest BCUT2D eigenvalue weighted by molar-refractivity contribution is -0.0327. The lowest BCUT2D eigenvalue weighted by atomic mass is 9.91. The molecule has 0 bridgehead atoms. The molecule has 1 aliphatic heterocycles. The fourth-order valence-electron chi connectivity index (χ4n) is 4.30. The van der Waals surface area contributed by atoms with E-state index in [2.05, 4.69) is 11.0 Å². The van der Waals surface area contributed by atoms with Crippen molar-refractivity contribution in [2.75, 3.05) is 41.0 Å². The molecule has 1 heterocycles. The molecule has 1 saturated carbocycles. The molecule has 0 spiro atoms. The van der Waals surface area contributed by atoms with Gasteiger partial charge in [-0.2, -0.15) is 0 Å². The number of nitrogens with zero attached hydrogens (tertiary/aromatic N) is 1. The molecule has 0 aromatic heterocycles. The van der Waals surface area contributed by atoms with Crippen LogP contribution in [0.1, 0.15) is 37.7 Å². The van der Waals surface area contributed by atoms with E-state index in [9.17, 15) is 0 Å². The third kappa shape index (κ3) is 4.70. The zero-order valence-corrected chi connectivity index (χ0v) is 16.4. The first kappa shape index (κ1) is 19.5. The van der Waals surface area contributed by atoms with Crippen molar-refractivity contribution in [2.45, 2.75) is 56.8 Å². The summed E-state index contributed by atoms with van der Waals surface area (Å²) in [5.74, 6) is 1.55. The van der Waals surface area contributed by atoms with Gasteiger partial charge in [0.15, 0.2) is 11.5 Å². The summed E-state index contributed by atoms with van der Waals surface area (Å²) in [6.45, 7) is 2.94. The second-order valence-electron chi connectivity index (χ2n) is 7.34. The number of ether oxygens (including phenoxy) is 4. The normalized spacial score (nSPS) is 26.8. The van der Waals surface area contributed by atoms with Gasteiger partial charge in [-0.15, -0.1) is 0 Å². The van der Waals surface area contributed by atoms with E-state index in [1.807, 2.05) is 19.2 Å². The molecule has 0 N–H and O–H groups in total. The molecule has 1 aromatic carbocycles. The Bertz CT molecular complexity index is 565. The van der Waals surface area contributed by atoms with Crippen molar-refractivity contribution in [1.29, 1.82) is 0 Å². The maximum absolute atomic E-state index is 6.36. The minimum absolute atomic E-state index is 0.347. The number of methoxy groups -OCH3 is 3. The Labute approximate surface area is 157 Å². The summed E-state index contributed by atoms with van der Waals surface area (Å²) in [4.78, 5) is 2.59. The Morgan fingerprint density at radius 1 is 1.00 bits per heavy atom. The summed E-state index contributed by atoms with van der Waals surface area (Å²) in [7, 11) is 5.16. The molecule has 5 heteroatoms.